The molecule has 0 fully saturated rings. The second-order valence-corrected chi connectivity index (χ2v) is 16.9. The summed E-state index contributed by atoms with van der Waals surface area (Å²) in [6, 6.07) is 80.1. The highest BCUT2D eigenvalue weighted by Crippen LogP contribution is 2.45. The second kappa shape index (κ2) is 15.0. The quantitative estimate of drug-likeness (QED) is 0.170. The summed E-state index contributed by atoms with van der Waals surface area (Å²) < 4.78 is 6.84. The van der Waals surface area contributed by atoms with Crippen LogP contribution in [0.25, 0.3) is 98.4 Å². The van der Waals surface area contributed by atoms with Crippen LogP contribution in [0, 0.1) is 0 Å². The third-order valence-corrected chi connectivity index (χ3v) is 13.1. The third kappa shape index (κ3) is 6.22. The molecular weight excluding hydrogens is 791 g/mol. The van der Waals surface area contributed by atoms with Gasteiger partial charge in [-0.3, -0.25) is 0 Å². The van der Waals surface area contributed by atoms with E-state index in [2.05, 4.69) is 193 Å². The van der Waals surface area contributed by atoms with E-state index in [0.717, 1.165) is 88.6 Å². The molecule has 0 amide bonds. The Morgan fingerprint density at radius 3 is 1.65 bits per heavy atom. The predicted octanol–water partition coefficient (Wildman–Crippen LogP) is 15.7. The summed E-state index contributed by atoms with van der Waals surface area (Å²) in [6.07, 6.45) is -0.323. The lowest BCUT2D eigenvalue weighted by molar-refractivity contribution is 0.673. The standard InChI is InChI=1S/C61H39N3O/c1-3-16-38(17-4-1)59-62-60(39-18-5-2-6-19-39)64-61(63-59)44-23-14-21-41(35-44)40-20-13-22-42(34-40)53-37-55-57-45(30-15-31-56(57)65-58(55)52-29-12-11-28-50(52)53)43-32-33-51-48-26-8-7-24-46(48)47-25-9-10-27-49(47)54(51)36-43/h1-37,61H,(H,62,63,64). The Labute approximate surface area is 375 Å². The molecule has 0 saturated heterocycles. The number of amidine groups is 2. The van der Waals surface area contributed by atoms with E-state index in [1.807, 2.05) is 36.4 Å². The summed E-state index contributed by atoms with van der Waals surface area (Å²) in [6.45, 7) is 0. The zero-order chi connectivity index (χ0) is 42.8. The van der Waals surface area contributed by atoms with Gasteiger partial charge in [0.25, 0.3) is 0 Å². The molecule has 13 rings (SSSR count). The Bertz CT molecular complexity index is 3890. The van der Waals surface area contributed by atoms with Crippen LogP contribution in [0.5, 0.6) is 0 Å². The lowest BCUT2D eigenvalue weighted by Gasteiger charge is -2.24. The maximum Gasteiger partial charge on any atom is 0.159 e. The summed E-state index contributed by atoms with van der Waals surface area (Å²) in [5, 5.41) is 15.7. The molecule has 1 N–H and O–H groups in total. The van der Waals surface area contributed by atoms with Crippen molar-refractivity contribution in [3.8, 4) is 33.4 Å². The highest BCUT2D eigenvalue weighted by Gasteiger charge is 2.23. The van der Waals surface area contributed by atoms with Crippen LogP contribution < -0.4 is 5.32 Å². The highest BCUT2D eigenvalue weighted by molar-refractivity contribution is 6.27. The van der Waals surface area contributed by atoms with Gasteiger partial charge in [-0.25, -0.2) is 9.98 Å². The molecule has 0 saturated carbocycles. The molecular formula is C61H39N3O. The van der Waals surface area contributed by atoms with Crippen molar-refractivity contribution in [2.45, 2.75) is 6.17 Å². The van der Waals surface area contributed by atoms with Gasteiger partial charge < -0.3 is 9.73 Å². The smallest absolute Gasteiger partial charge is 0.159 e. The van der Waals surface area contributed by atoms with Gasteiger partial charge in [0.1, 0.15) is 23.2 Å². The number of rotatable bonds is 6. The number of nitrogens with one attached hydrogen (secondary N) is 1. The first kappa shape index (κ1) is 37.0. The predicted molar refractivity (Wildman–Crippen MR) is 272 cm³/mol. The van der Waals surface area contributed by atoms with Gasteiger partial charge in [0.05, 0.1) is 0 Å². The van der Waals surface area contributed by atoms with Gasteiger partial charge in [-0.1, -0.05) is 194 Å². The van der Waals surface area contributed by atoms with Crippen molar-refractivity contribution in [1.82, 2.24) is 5.32 Å². The number of aliphatic imine (C=N–C) groups is 2. The number of fused-ring (bicyclic) bond motifs is 11. The monoisotopic (exact) mass is 829 g/mol. The van der Waals surface area contributed by atoms with E-state index >= 15 is 0 Å². The average Bonchev–Trinajstić information content (AvgIpc) is 3.78. The number of nitrogens with zero attached hydrogens (tertiary/aromatic N) is 2. The van der Waals surface area contributed by atoms with E-state index in [4.69, 9.17) is 14.4 Å². The summed E-state index contributed by atoms with van der Waals surface area (Å²) in [7, 11) is 0. The first-order valence-electron chi connectivity index (χ1n) is 22.2. The molecule has 65 heavy (non-hydrogen) atoms. The Morgan fingerprint density at radius 2 is 0.908 bits per heavy atom. The fourth-order valence-electron chi connectivity index (χ4n) is 10.0. The zero-order valence-corrected chi connectivity index (χ0v) is 35.2. The van der Waals surface area contributed by atoms with Crippen LogP contribution in [0.4, 0.5) is 0 Å². The van der Waals surface area contributed by atoms with Crippen molar-refractivity contribution < 1.29 is 4.42 Å². The molecule has 1 unspecified atom stereocenters. The van der Waals surface area contributed by atoms with Crippen molar-refractivity contribution in [3.63, 3.8) is 0 Å². The Balaban J connectivity index is 0.934. The van der Waals surface area contributed by atoms with Crippen molar-refractivity contribution in [2.75, 3.05) is 0 Å². The lowest BCUT2D eigenvalue weighted by atomic mass is 9.90. The molecule has 1 aliphatic rings. The summed E-state index contributed by atoms with van der Waals surface area (Å²) in [4.78, 5) is 10.1. The molecule has 1 aliphatic heterocycles. The summed E-state index contributed by atoms with van der Waals surface area (Å²) in [5.41, 5.74) is 11.7. The lowest BCUT2D eigenvalue weighted by Crippen LogP contribution is -2.33. The van der Waals surface area contributed by atoms with Gasteiger partial charge in [0.15, 0.2) is 5.84 Å². The number of hydrogen-bond donors (Lipinski definition) is 1. The minimum absolute atomic E-state index is 0.323. The normalized spacial score (nSPS) is 14.0. The topological polar surface area (TPSA) is 49.9 Å². The molecule has 4 heteroatoms. The summed E-state index contributed by atoms with van der Waals surface area (Å²) in [5.74, 6) is 1.51. The SMILES string of the molecule is c1ccc(C2=NC(c3cccc(-c4cccc(-c5cc6c(oc7cccc(-c8ccc9c%10ccccc%10c%10ccccc%10c9c8)c76)c6ccccc56)c4)c3)NC(c3ccccc3)=N2)cc1. The molecule has 4 nitrogen and oxygen atoms in total. The van der Waals surface area contributed by atoms with E-state index in [0.29, 0.717) is 5.84 Å². The van der Waals surface area contributed by atoms with E-state index in [-0.39, 0.29) is 6.17 Å². The van der Waals surface area contributed by atoms with Crippen LogP contribution in [-0.4, -0.2) is 11.7 Å². The number of hydrogen-bond acceptors (Lipinski definition) is 4. The molecule has 0 radical (unpaired) electrons. The maximum atomic E-state index is 6.84. The first-order chi connectivity index (χ1) is 32.2. The van der Waals surface area contributed by atoms with Gasteiger partial charge in [0.2, 0.25) is 0 Å². The molecule has 11 aromatic carbocycles. The van der Waals surface area contributed by atoms with E-state index in [9.17, 15) is 0 Å². The van der Waals surface area contributed by atoms with E-state index < -0.39 is 0 Å². The fraction of sp³-hybridized carbons (Fsp3) is 0.0164. The van der Waals surface area contributed by atoms with Crippen LogP contribution in [0.15, 0.2) is 239 Å². The Hall–Kier alpha value is -8.60. The largest absolute Gasteiger partial charge is 0.455 e. The molecule has 1 aromatic heterocycles. The van der Waals surface area contributed by atoms with Crippen LogP contribution in [0.3, 0.4) is 0 Å². The number of furan rings is 1. The Morgan fingerprint density at radius 1 is 0.354 bits per heavy atom. The third-order valence-electron chi connectivity index (χ3n) is 13.1. The van der Waals surface area contributed by atoms with Gasteiger partial charge >= 0.3 is 0 Å². The first-order valence-corrected chi connectivity index (χ1v) is 22.2. The van der Waals surface area contributed by atoms with Gasteiger partial charge in [-0.15, -0.1) is 0 Å². The van der Waals surface area contributed by atoms with Crippen LogP contribution in [-0.2, 0) is 0 Å². The molecule has 1 atom stereocenters. The van der Waals surface area contributed by atoms with Gasteiger partial charge in [0, 0.05) is 27.3 Å². The molecule has 12 aromatic rings. The van der Waals surface area contributed by atoms with Crippen molar-refractivity contribution in [1.29, 1.82) is 0 Å². The summed E-state index contributed by atoms with van der Waals surface area (Å²) >= 11 is 0. The molecule has 0 aliphatic carbocycles. The van der Waals surface area contributed by atoms with Crippen molar-refractivity contribution in [3.05, 3.63) is 241 Å². The van der Waals surface area contributed by atoms with Crippen LogP contribution >= 0.6 is 0 Å². The zero-order valence-electron chi connectivity index (χ0n) is 35.2. The minimum Gasteiger partial charge on any atom is -0.455 e. The molecule has 304 valence electrons. The van der Waals surface area contributed by atoms with Gasteiger partial charge in [-0.05, 0) is 107 Å². The highest BCUT2D eigenvalue weighted by atomic mass is 16.3. The molecule has 0 spiro atoms. The fourth-order valence-corrected chi connectivity index (χ4v) is 10.0. The second-order valence-electron chi connectivity index (χ2n) is 16.9. The van der Waals surface area contributed by atoms with E-state index in [1.165, 1.54) is 32.3 Å². The van der Waals surface area contributed by atoms with E-state index in [1.54, 1.807) is 0 Å². The van der Waals surface area contributed by atoms with Crippen LogP contribution in [0.1, 0.15) is 22.9 Å². The Kier molecular flexibility index (Phi) is 8.56. The number of benzene rings is 11. The molecule has 0 bridgehead atoms. The minimum atomic E-state index is -0.323. The van der Waals surface area contributed by atoms with Gasteiger partial charge in [-0.2, -0.15) is 0 Å². The maximum absolute atomic E-state index is 6.84. The average molecular weight is 830 g/mol. The van der Waals surface area contributed by atoms with Crippen molar-refractivity contribution >= 4 is 76.7 Å². The molecule has 2 heterocycles. The van der Waals surface area contributed by atoms with Crippen LogP contribution in [0.2, 0.25) is 0 Å². The van der Waals surface area contributed by atoms with Crippen molar-refractivity contribution in [2.24, 2.45) is 9.98 Å².